The minimum atomic E-state index is -0.555. The highest BCUT2D eigenvalue weighted by Crippen LogP contribution is 2.21. The van der Waals surface area contributed by atoms with Gasteiger partial charge in [0.2, 0.25) is 0 Å². The van der Waals surface area contributed by atoms with Gasteiger partial charge in [-0.3, -0.25) is 0 Å². The lowest BCUT2D eigenvalue weighted by Gasteiger charge is -2.16. The molecule has 1 aromatic carbocycles. The molecule has 0 fully saturated rings. The average molecular weight is 210 g/mol. The molecule has 4 heteroatoms. The topological polar surface area (TPSA) is 44.8 Å². The molecule has 0 aromatic heterocycles. The van der Waals surface area contributed by atoms with E-state index in [1.165, 1.54) is 21.3 Å². The van der Waals surface area contributed by atoms with Gasteiger partial charge in [-0.1, -0.05) is 18.2 Å². The fourth-order valence-electron chi connectivity index (χ4n) is 1.35. The highest BCUT2D eigenvalue weighted by atomic mass is 16.7. The van der Waals surface area contributed by atoms with Crippen LogP contribution in [0, 0.1) is 0 Å². The molecule has 0 saturated heterocycles. The molecule has 0 aliphatic rings. The van der Waals surface area contributed by atoms with Gasteiger partial charge in [0.25, 0.3) is 0 Å². The molecule has 0 radical (unpaired) electrons. The van der Waals surface area contributed by atoms with Crippen LogP contribution in [-0.2, 0) is 14.2 Å². The van der Waals surface area contributed by atoms with E-state index in [-0.39, 0.29) is 0 Å². The van der Waals surface area contributed by atoms with Crippen LogP contribution in [0.5, 0.6) is 0 Å². The number of benzene rings is 1. The first-order valence-corrected chi connectivity index (χ1v) is 4.47. The molecule has 0 saturated carbocycles. The second kappa shape index (κ2) is 5.48. The van der Waals surface area contributed by atoms with Crippen LogP contribution >= 0.6 is 0 Å². The number of carbonyl (C=O) groups excluding carboxylic acids is 1. The third-order valence-corrected chi connectivity index (χ3v) is 2.05. The summed E-state index contributed by atoms with van der Waals surface area (Å²) >= 11 is 0. The Morgan fingerprint density at radius 1 is 1.13 bits per heavy atom. The van der Waals surface area contributed by atoms with E-state index in [1.54, 1.807) is 18.2 Å². The predicted molar refractivity (Wildman–Crippen MR) is 54.5 cm³/mol. The summed E-state index contributed by atoms with van der Waals surface area (Å²) in [5.41, 5.74) is 1.11. The van der Waals surface area contributed by atoms with Crippen molar-refractivity contribution in [2.24, 2.45) is 0 Å². The maximum atomic E-state index is 11.4. The van der Waals surface area contributed by atoms with Gasteiger partial charge in [0.05, 0.1) is 12.7 Å². The van der Waals surface area contributed by atoms with Crippen molar-refractivity contribution in [2.75, 3.05) is 21.3 Å². The number of hydrogen-bond donors (Lipinski definition) is 0. The Morgan fingerprint density at radius 3 is 2.27 bits per heavy atom. The number of carbonyl (C=O) groups is 1. The van der Waals surface area contributed by atoms with Crippen LogP contribution in [0.4, 0.5) is 0 Å². The van der Waals surface area contributed by atoms with E-state index in [2.05, 4.69) is 4.74 Å². The minimum absolute atomic E-state index is 0.398. The molecule has 0 amide bonds. The summed E-state index contributed by atoms with van der Waals surface area (Å²) in [6.45, 7) is 0. The lowest BCUT2D eigenvalue weighted by Crippen LogP contribution is -2.11. The molecule has 0 bridgehead atoms. The smallest absolute Gasteiger partial charge is 0.338 e. The van der Waals surface area contributed by atoms with E-state index in [0.29, 0.717) is 11.1 Å². The summed E-state index contributed by atoms with van der Waals surface area (Å²) < 4.78 is 14.8. The van der Waals surface area contributed by atoms with E-state index in [1.807, 2.05) is 6.07 Å². The van der Waals surface area contributed by atoms with Crippen LogP contribution in [0.15, 0.2) is 24.3 Å². The summed E-state index contributed by atoms with van der Waals surface area (Å²) in [7, 11) is 4.37. The highest BCUT2D eigenvalue weighted by Gasteiger charge is 2.18. The zero-order valence-corrected chi connectivity index (χ0v) is 9.02. The van der Waals surface area contributed by atoms with Gasteiger partial charge in [-0.05, 0) is 6.07 Å². The van der Waals surface area contributed by atoms with Crippen molar-refractivity contribution in [3.63, 3.8) is 0 Å². The fourth-order valence-corrected chi connectivity index (χ4v) is 1.35. The monoisotopic (exact) mass is 210 g/mol. The third-order valence-electron chi connectivity index (χ3n) is 2.05. The summed E-state index contributed by atoms with van der Waals surface area (Å²) in [4.78, 5) is 11.4. The molecule has 15 heavy (non-hydrogen) atoms. The predicted octanol–water partition coefficient (Wildman–Crippen LogP) is 1.76. The van der Waals surface area contributed by atoms with Crippen LogP contribution in [-0.4, -0.2) is 27.3 Å². The molecule has 0 aliphatic heterocycles. The first-order chi connectivity index (χ1) is 7.24. The maximum Gasteiger partial charge on any atom is 0.338 e. The molecule has 0 spiro atoms. The van der Waals surface area contributed by atoms with Crippen molar-refractivity contribution in [3.05, 3.63) is 35.4 Å². The second-order valence-electron chi connectivity index (χ2n) is 2.88. The summed E-state index contributed by atoms with van der Waals surface area (Å²) in [5.74, 6) is -0.398. The Bertz CT molecular complexity index is 331. The van der Waals surface area contributed by atoms with Gasteiger partial charge in [-0.2, -0.15) is 0 Å². The van der Waals surface area contributed by atoms with Gasteiger partial charge >= 0.3 is 5.97 Å². The van der Waals surface area contributed by atoms with Gasteiger partial charge in [-0.15, -0.1) is 0 Å². The maximum absolute atomic E-state index is 11.4. The van der Waals surface area contributed by atoms with Crippen LogP contribution < -0.4 is 0 Å². The van der Waals surface area contributed by atoms with Gasteiger partial charge in [0, 0.05) is 19.8 Å². The second-order valence-corrected chi connectivity index (χ2v) is 2.88. The zero-order chi connectivity index (χ0) is 11.3. The normalized spacial score (nSPS) is 10.4. The molecule has 0 atom stereocenters. The number of rotatable bonds is 4. The SMILES string of the molecule is COC(=O)c1ccccc1C(OC)OC. The molecule has 0 N–H and O–H groups in total. The third kappa shape index (κ3) is 2.55. The van der Waals surface area contributed by atoms with Crippen molar-refractivity contribution in [1.29, 1.82) is 0 Å². The van der Waals surface area contributed by atoms with Gasteiger partial charge in [0.1, 0.15) is 0 Å². The van der Waals surface area contributed by atoms with Crippen molar-refractivity contribution in [2.45, 2.75) is 6.29 Å². The van der Waals surface area contributed by atoms with Gasteiger partial charge in [-0.25, -0.2) is 4.79 Å². The molecule has 82 valence electrons. The van der Waals surface area contributed by atoms with E-state index < -0.39 is 12.3 Å². The summed E-state index contributed by atoms with van der Waals surface area (Å²) in [6, 6.07) is 7.01. The van der Waals surface area contributed by atoms with Crippen LogP contribution in [0.25, 0.3) is 0 Å². The van der Waals surface area contributed by atoms with E-state index in [9.17, 15) is 4.79 Å². The van der Waals surface area contributed by atoms with Gasteiger partial charge < -0.3 is 14.2 Å². The average Bonchev–Trinajstić information content (AvgIpc) is 2.30. The number of ether oxygens (including phenoxy) is 3. The highest BCUT2D eigenvalue weighted by molar-refractivity contribution is 5.91. The Labute approximate surface area is 88.8 Å². The largest absolute Gasteiger partial charge is 0.465 e. The summed E-state index contributed by atoms with van der Waals surface area (Å²) in [6.07, 6.45) is -0.555. The molecular formula is C11H14O4. The Balaban J connectivity index is 3.10. The van der Waals surface area contributed by atoms with Crippen molar-refractivity contribution < 1.29 is 19.0 Å². The van der Waals surface area contributed by atoms with E-state index in [0.717, 1.165) is 0 Å². The molecule has 0 aliphatic carbocycles. The summed E-state index contributed by atoms with van der Waals surface area (Å²) in [5, 5.41) is 0. The van der Waals surface area contributed by atoms with Crippen LogP contribution in [0.1, 0.15) is 22.2 Å². The first-order valence-electron chi connectivity index (χ1n) is 4.47. The lowest BCUT2D eigenvalue weighted by atomic mass is 10.1. The first kappa shape index (κ1) is 11.7. The van der Waals surface area contributed by atoms with Crippen molar-refractivity contribution in [1.82, 2.24) is 0 Å². The lowest BCUT2D eigenvalue weighted by molar-refractivity contribution is -0.106. The minimum Gasteiger partial charge on any atom is -0.465 e. The standard InChI is InChI=1S/C11H14O4/c1-13-10(12)8-6-4-5-7-9(8)11(14-2)15-3/h4-7,11H,1-3H3. The Morgan fingerprint density at radius 2 is 1.73 bits per heavy atom. The van der Waals surface area contributed by atoms with Crippen molar-refractivity contribution >= 4 is 5.97 Å². The number of methoxy groups -OCH3 is 3. The quantitative estimate of drug-likeness (QED) is 0.561. The Kier molecular flexibility index (Phi) is 4.27. The van der Waals surface area contributed by atoms with Crippen molar-refractivity contribution in [3.8, 4) is 0 Å². The fraction of sp³-hybridized carbons (Fsp3) is 0.364. The molecule has 0 unspecified atom stereocenters. The molecule has 4 nitrogen and oxygen atoms in total. The van der Waals surface area contributed by atoms with E-state index >= 15 is 0 Å². The molecular weight excluding hydrogens is 196 g/mol. The van der Waals surface area contributed by atoms with Crippen LogP contribution in [0.2, 0.25) is 0 Å². The zero-order valence-electron chi connectivity index (χ0n) is 9.02. The molecule has 1 aromatic rings. The number of esters is 1. The van der Waals surface area contributed by atoms with E-state index in [4.69, 9.17) is 9.47 Å². The Hall–Kier alpha value is -1.39. The number of hydrogen-bond acceptors (Lipinski definition) is 4. The molecule has 1 rings (SSSR count). The van der Waals surface area contributed by atoms with Crippen LogP contribution in [0.3, 0.4) is 0 Å². The van der Waals surface area contributed by atoms with Gasteiger partial charge in [0.15, 0.2) is 6.29 Å². The molecule has 0 heterocycles.